The molecule has 8 nitrogen and oxygen atoms in total. The number of nitrogens with two attached hydrogens (primary N) is 2. The summed E-state index contributed by atoms with van der Waals surface area (Å²) < 4.78 is 7.24. The number of benzene rings is 1. The van der Waals surface area contributed by atoms with E-state index in [1.165, 1.54) is 6.33 Å². The maximum absolute atomic E-state index is 6.12. The zero-order valence-corrected chi connectivity index (χ0v) is 13.6. The first kappa shape index (κ1) is 14.4. The van der Waals surface area contributed by atoms with Crippen LogP contribution in [0.4, 0.5) is 11.8 Å². The fraction of sp³-hybridized carbons (Fsp3) is 0.250. The Morgan fingerprint density at radius 2 is 1.96 bits per heavy atom. The second-order valence-electron chi connectivity index (χ2n) is 6.03. The topological polar surface area (TPSA) is 122 Å². The third-order valence-electron chi connectivity index (χ3n) is 4.01. The van der Waals surface area contributed by atoms with Crippen molar-refractivity contribution < 1.29 is 4.42 Å². The minimum atomic E-state index is 0.141. The van der Waals surface area contributed by atoms with Crippen LogP contribution in [0.15, 0.2) is 22.9 Å². The van der Waals surface area contributed by atoms with Crippen molar-refractivity contribution in [3.8, 4) is 11.3 Å². The summed E-state index contributed by atoms with van der Waals surface area (Å²) in [4.78, 5) is 12.7. The van der Waals surface area contributed by atoms with E-state index in [2.05, 4.69) is 15.0 Å². The van der Waals surface area contributed by atoms with Gasteiger partial charge in [-0.1, -0.05) is 0 Å². The molecule has 0 fully saturated rings. The maximum atomic E-state index is 6.12. The van der Waals surface area contributed by atoms with Crippen molar-refractivity contribution in [2.75, 3.05) is 11.5 Å². The Balaban J connectivity index is 2.08. The maximum Gasteiger partial charge on any atom is 0.292 e. The second kappa shape index (κ2) is 4.92. The van der Waals surface area contributed by atoms with E-state index >= 15 is 0 Å². The number of fused-ring (bicyclic) bond motifs is 2. The first-order chi connectivity index (χ1) is 11.5. The summed E-state index contributed by atoms with van der Waals surface area (Å²) in [6.45, 7) is 6.07. The van der Waals surface area contributed by atoms with Gasteiger partial charge < -0.3 is 15.9 Å². The molecule has 8 heteroatoms. The van der Waals surface area contributed by atoms with Crippen LogP contribution >= 0.6 is 0 Å². The van der Waals surface area contributed by atoms with Gasteiger partial charge in [0.15, 0.2) is 11.2 Å². The van der Waals surface area contributed by atoms with E-state index in [9.17, 15) is 0 Å². The van der Waals surface area contributed by atoms with Gasteiger partial charge in [0, 0.05) is 11.6 Å². The summed E-state index contributed by atoms with van der Waals surface area (Å²) in [5.41, 5.74) is 16.4. The number of anilines is 2. The highest BCUT2D eigenvalue weighted by molar-refractivity contribution is 6.00. The predicted octanol–water partition coefficient (Wildman–Crippen LogP) is 2.69. The molecule has 0 saturated carbocycles. The van der Waals surface area contributed by atoms with Gasteiger partial charge in [0.25, 0.3) is 6.01 Å². The molecular formula is C16H17N7O. The third kappa shape index (κ3) is 1.99. The largest absolute Gasteiger partial charge is 0.424 e. The molecule has 0 atom stereocenters. The van der Waals surface area contributed by atoms with Gasteiger partial charge in [-0.15, -0.1) is 0 Å². The van der Waals surface area contributed by atoms with Crippen LogP contribution in [0, 0.1) is 6.92 Å². The quantitative estimate of drug-likeness (QED) is 0.581. The molecule has 3 heterocycles. The number of rotatable bonds is 2. The fourth-order valence-electron chi connectivity index (χ4n) is 2.89. The number of oxazole rings is 1. The lowest BCUT2D eigenvalue weighted by Crippen LogP contribution is -2.04. The second-order valence-corrected chi connectivity index (χ2v) is 6.03. The Hall–Kier alpha value is -3.16. The molecule has 0 unspecified atom stereocenters. The van der Waals surface area contributed by atoms with Crippen LogP contribution in [0.2, 0.25) is 0 Å². The van der Waals surface area contributed by atoms with Crippen molar-refractivity contribution in [3.63, 3.8) is 0 Å². The average Bonchev–Trinajstić information content (AvgIpc) is 3.06. The standard InChI is InChI=1S/C16H17N7O/c1-7(2)23-15-12(14(17)19-6-20-15)13(22-23)9-5-10-11(4-8(9)3)24-16(18)21-10/h4-7H,1-3H3,(H2,18,21)(H2,17,19,20). The van der Waals surface area contributed by atoms with Gasteiger partial charge in [-0.05, 0) is 38.5 Å². The molecule has 4 N–H and O–H groups in total. The molecule has 0 bridgehead atoms. The van der Waals surface area contributed by atoms with Crippen molar-refractivity contribution in [1.82, 2.24) is 24.7 Å². The zero-order valence-electron chi connectivity index (χ0n) is 13.6. The molecule has 0 aliphatic carbocycles. The van der Waals surface area contributed by atoms with Gasteiger partial charge >= 0.3 is 0 Å². The highest BCUT2D eigenvalue weighted by Gasteiger charge is 2.20. The number of hydrogen-bond acceptors (Lipinski definition) is 7. The summed E-state index contributed by atoms with van der Waals surface area (Å²) >= 11 is 0. The van der Waals surface area contributed by atoms with Gasteiger partial charge in [0.05, 0.1) is 5.39 Å². The lowest BCUT2D eigenvalue weighted by atomic mass is 10.0. The average molecular weight is 323 g/mol. The third-order valence-corrected chi connectivity index (χ3v) is 4.01. The molecule has 122 valence electrons. The number of nitrogen functional groups attached to an aromatic ring is 2. The van der Waals surface area contributed by atoms with Crippen LogP contribution in [-0.4, -0.2) is 24.7 Å². The van der Waals surface area contributed by atoms with Crippen LogP contribution < -0.4 is 11.5 Å². The van der Waals surface area contributed by atoms with Crippen LogP contribution in [0.3, 0.4) is 0 Å². The molecule has 0 saturated heterocycles. The van der Waals surface area contributed by atoms with E-state index in [0.717, 1.165) is 22.2 Å². The predicted molar refractivity (Wildman–Crippen MR) is 92.3 cm³/mol. The van der Waals surface area contributed by atoms with Crippen molar-refractivity contribution >= 4 is 34.0 Å². The van der Waals surface area contributed by atoms with E-state index in [1.807, 2.05) is 37.6 Å². The normalized spacial score (nSPS) is 11.8. The van der Waals surface area contributed by atoms with Gasteiger partial charge in [-0.25, -0.2) is 14.6 Å². The Morgan fingerprint density at radius 1 is 1.17 bits per heavy atom. The molecule has 0 spiro atoms. The van der Waals surface area contributed by atoms with E-state index in [-0.39, 0.29) is 12.1 Å². The lowest BCUT2D eigenvalue weighted by molar-refractivity contribution is 0.548. The van der Waals surface area contributed by atoms with Crippen LogP contribution in [-0.2, 0) is 0 Å². The summed E-state index contributed by atoms with van der Waals surface area (Å²) in [6, 6.07) is 4.08. The van der Waals surface area contributed by atoms with Crippen molar-refractivity contribution in [2.24, 2.45) is 0 Å². The fourth-order valence-corrected chi connectivity index (χ4v) is 2.89. The highest BCUT2D eigenvalue weighted by atomic mass is 16.4. The molecule has 4 aromatic rings. The molecule has 1 aromatic carbocycles. The molecule has 0 aliphatic rings. The van der Waals surface area contributed by atoms with Crippen molar-refractivity contribution in [1.29, 1.82) is 0 Å². The Bertz CT molecular complexity index is 1080. The monoisotopic (exact) mass is 323 g/mol. The number of aromatic nitrogens is 5. The van der Waals surface area contributed by atoms with E-state index in [4.69, 9.17) is 21.0 Å². The van der Waals surface area contributed by atoms with Gasteiger partial charge in [0.2, 0.25) is 0 Å². The van der Waals surface area contributed by atoms with E-state index in [0.29, 0.717) is 22.6 Å². The first-order valence-corrected chi connectivity index (χ1v) is 7.61. The molecule has 3 aromatic heterocycles. The van der Waals surface area contributed by atoms with Gasteiger partial charge in [0.1, 0.15) is 23.4 Å². The Labute approximate surface area is 137 Å². The zero-order chi connectivity index (χ0) is 17.0. The smallest absolute Gasteiger partial charge is 0.292 e. The first-order valence-electron chi connectivity index (χ1n) is 7.61. The van der Waals surface area contributed by atoms with Crippen LogP contribution in [0.5, 0.6) is 0 Å². The molecule has 4 rings (SSSR count). The molecular weight excluding hydrogens is 306 g/mol. The minimum absolute atomic E-state index is 0.141. The minimum Gasteiger partial charge on any atom is -0.424 e. The van der Waals surface area contributed by atoms with E-state index < -0.39 is 0 Å². The van der Waals surface area contributed by atoms with Crippen LogP contribution in [0.25, 0.3) is 33.4 Å². The summed E-state index contributed by atoms with van der Waals surface area (Å²) in [5, 5.41) is 5.48. The summed E-state index contributed by atoms with van der Waals surface area (Å²) in [6.07, 6.45) is 1.45. The summed E-state index contributed by atoms with van der Waals surface area (Å²) in [5.74, 6) is 0.404. The highest BCUT2D eigenvalue weighted by Crippen LogP contribution is 2.35. The van der Waals surface area contributed by atoms with E-state index in [1.54, 1.807) is 0 Å². The van der Waals surface area contributed by atoms with Gasteiger partial charge in [-0.3, -0.25) is 0 Å². The SMILES string of the molecule is Cc1cc2oc(N)nc2cc1-c1nn(C(C)C)c2ncnc(N)c12. The van der Waals surface area contributed by atoms with Crippen molar-refractivity contribution in [3.05, 3.63) is 24.0 Å². The molecule has 0 aliphatic heterocycles. The Kier molecular flexibility index (Phi) is 2.96. The summed E-state index contributed by atoms with van der Waals surface area (Å²) in [7, 11) is 0. The molecule has 0 amide bonds. The van der Waals surface area contributed by atoms with Gasteiger partial charge in [-0.2, -0.15) is 10.1 Å². The lowest BCUT2D eigenvalue weighted by Gasteiger charge is -2.05. The Morgan fingerprint density at radius 3 is 2.71 bits per heavy atom. The molecule has 24 heavy (non-hydrogen) atoms. The number of nitrogens with zero attached hydrogens (tertiary/aromatic N) is 5. The number of aryl methyl sites for hydroxylation is 1. The molecule has 0 radical (unpaired) electrons. The van der Waals surface area contributed by atoms with Crippen LogP contribution in [0.1, 0.15) is 25.5 Å². The van der Waals surface area contributed by atoms with Crippen molar-refractivity contribution in [2.45, 2.75) is 26.8 Å². The number of hydrogen-bond donors (Lipinski definition) is 2.